The average molecular weight is 237 g/mol. The highest BCUT2D eigenvalue weighted by Gasteiger charge is 2.20. The molecule has 1 aliphatic heterocycles. The van der Waals surface area contributed by atoms with Gasteiger partial charge in [-0.2, -0.15) is 0 Å². The molecule has 0 amide bonds. The third-order valence-electron chi connectivity index (χ3n) is 3.50. The number of carbonyl (C=O) groups is 1. The monoisotopic (exact) mass is 237 g/mol. The first-order chi connectivity index (χ1) is 8.19. The van der Waals surface area contributed by atoms with Crippen molar-refractivity contribution in [3.63, 3.8) is 0 Å². The van der Waals surface area contributed by atoms with Crippen LogP contribution in [-0.4, -0.2) is 23.8 Å². The van der Waals surface area contributed by atoms with E-state index >= 15 is 0 Å². The van der Waals surface area contributed by atoms with Crippen molar-refractivity contribution < 1.29 is 4.79 Å². The van der Waals surface area contributed by atoms with Gasteiger partial charge in [-0.15, -0.1) is 0 Å². The van der Waals surface area contributed by atoms with Gasteiger partial charge in [-0.3, -0.25) is 4.79 Å². The Balaban J connectivity index is 2.55. The standard InChI is InChI=1S/C15H27NO/c1-4-6-8-13(3)15(17)14-9-7-11-16(12-14)10-5-2/h12-13H,4-11H2,1-3H3. The fourth-order valence-corrected chi connectivity index (χ4v) is 2.43. The zero-order valence-corrected chi connectivity index (χ0v) is 11.7. The van der Waals surface area contributed by atoms with E-state index in [-0.39, 0.29) is 5.92 Å². The van der Waals surface area contributed by atoms with E-state index in [4.69, 9.17) is 0 Å². The molecule has 0 aliphatic carbocycles. The number of hydrogen-bond donors (Lipinski definition) is 0. The number of ketones is 1. The van der Waals surface area contributed by atoms with E-state index in [1.807, 2.05) is 0 Å². The van der Waals surface area contributed by atoms with Crippen molar-refractivity contribution in [2.75, 3.05) is 13.1 Å². The highest BCUT2D eigenvalue weighted by Crippen LogP contribution is 2.21. The quantitative estimate of drug-likeness (QED) is 0.671. The molecule has 1 unspecified atom stereocenters. The van der Waals surface area contributed by atoms with Gasteiger partial charge in [0.15, 0.2) is 5.78 Å². The third-order valence-corrected chi connectivity index (χ3v) is 3.50. The van der Waals surface area contributed by atoms with E-state index in [2.05, 4.69) is 31.9 Å². The molecule has 0 aromatic heterocycles. The normalized spacial score (nSPS) is 17.8. The van der Waals surface area contributed by atoms with Gasteiger partial charge in [0, 0.05) is 30.8 Å². The lowest BCUT2D eigenvalue weighted by Gasteiger charge is -2.26. The van der Waals surface area contributed by atoms with Crippen molar-refractivity contribution in [1.29, 1.82) is 0 Å². The summed E-state index contributed by atoms with van der Waals surface area (Å²) in [7, 11) is 0. The fraction of sp³-hybridized carbons (Fsp3) is 0.800. The maximum absolute atomic E-state index is 12.3. The topological polar surface area (TPSA) is 20.3 Å². The number of carbonyl (C=O) groups excluding carboxylic acids is 1. The van der Waals surface area contributed by atoms with Crippen molar-refractivity contribution in [3.8, 4) is 0 Å². The molecule has 0 bridgehead atoms. The SMILES string of the molecule is CCCCC(C)C(=O)C1=CN(CCC)CCC1. The summed E-state index contributed by atoms with van der Waals surface area (Å²) in [5, 5.41) is 0. The summed E-state index contributed by atoms with van der Waals surface area (Å²) in [6.07, 6.45) is 8.78. The molecule has 0 N–H and O–H groups in total. The van der Waals surface area contributed by atoms with E-state index in [0.717, 1.165) is 44.3 Å². The Bertz CT molecular complexity index is 270. The Hall–Kier alpha value is -0.790. The molecule has 0 saturated carbocycles. The van der Waals surface area contributed by atoms with E-state index in [0.29, 0.717) is 5.78 Å². The third kappa shape index (κ3) is 4.53. The van der Waals surface area contributed by atoms with Gasteiger partial charge in [0.2, 0.25) is 0 Å². The van der Waals surface area contributed by atoms with Crippen LogP contribution in [0, 0.1) is 5.92 Å². The first-order valence-electron chi connectivity index (χ1n) is 7.18. The van der Waals surface area contributed by atoms with Crippen LogP contribution in [0.3, 0.4) is 0 Å². The summed E-state index contributed by atoms with van der Waals surface area (Å²) in [5.74, 6) is 0.599. The number of allylic oxidation sites excluding steroid dienone is 1. The number of hydrogen-bond acceptors (Lipinski definition) is 2. The fourth-order valence-electron chi connectivity index (χ4n) is 2.43. The van der Waals surface area contributed by atoms with Crippen LogP contribution in [0.15, 0.2) is 11.8 Å². The molecule has 1 atom stereocenters. The van der Waals surface area contributed by atoms with Crippen molar-refractivity contribution in [2.24, 2.45) is 5.92 Å². The van der Waals surface area contributed by atoms with E-state index in [1.54, 1.807) is 0 Å². The number of rotatable bonds is 7. The summed E-state index contributed by atoms with van der Waals surface area (Å²) in [4.78, 5) is 14.6. The molecular weight excluding hydrogens is 210 g/mol. The van der Waals surface area contributed by atoms with Crippen molar-refractivity contribution in [2.45, 2.75) is 59.3 Å². The smallest absolute Gasteiger partial charge is 0.163 e. The lowest BCUT2D eigenvalue weighted by atomic mass is 9.91. The van der Waals surface area contributed by atoms with Gasteiger partial charge in [0.25, 0.3) is 0 Å². The maximum Gasteiger partial charge on any atom is 0.163 e. The van der Waals surface area contributed by atoms with Crippen LogP contribution in [0.5, 0.6) is 0 Å². The molecule has 1 rings (SSSR count). The summed E-state index contributed by atoms with van der Waals surface area (Å²) in [6, 6.07) is 0. The summed E-state index contributed by atoms with van der Waals surface area (Å²) >= 11 is 0. The molecule has 0 aromatic carbocycles. The predicted octanol–water partition coefficient (Wildman–Crippen LogP) is 3.77. The maximum atomic E-state index is 12.3. The van der Waals surface area contributed by atoms with Crippen LogP contribution in [0.2, 0.25) is 0 Å². The van der Waals surface area contributed by atoms with E-state index in [9.17, 15) is 4.79 Å². The molecule has 1 aliphatic rings. The number of nitrogens with zero attached hydrogens (tertiary/aromatic N) is 1. The van der Waals surface area contributed by atoms with Gasteiger partial charge in [0.05, 0.1) is 0 Å². The minimum absolute atomic E-state index is 0.211. The van der Waals surface area contributed by atoms with Crippen LogP contribution in [0.4, 0.5) is 0 Å². The summed E-state index contributed by atoms with van der Waals surface area (Å²) in [6.45, 7) is 8.65. The molecule has 0 saturated heterocycles. The zero-order chi connectivity index (χ0) is 12.7. The number of unbranched alkanes of at least 4 members (excludes halogenated alkanes) is 1. The average Bonchev–Trinajstić information content (AvgIpc) is 2.35. The number of Topliss-reactive ketones (excluding diaryl/α,β-unsaturated/α-hetero) is 1. The lowest BCUT2D eigenvalue weighted by Crippen LogP contribution is -2.27. The zero-order valence-electron chi connectivity index (χ0n) is 11.7. The molecule has 2 nitrogen and oxygen atoms in total. The van der Waals surface area contributed by atoms with Crippen molar-refractivity contribution >= 4 is 5.78 Å². The Kier molecular flexibility index (Phi) is 6.31. The highest BCUT2D eigenvalue weighted by atomic mass is 16.1. The summed E-state index contributed by atoms with van der Waals surface area (Å²) < 4.78 is 0. The van der Waals surface area contributed by atoms with Crippen molar-refractivity contribution in [1.82, 2.24) is 4.90 Å². The predicted molar refractivity (Wildman–Crippen MR) is 72.9 cm³/mol. The second kappa shape index (κ2) is 7.52. The van der Waals surface area contributed by atoms with Crippen molar-refractivity contribution in [3.05, 3.63) is 11.8 Å². The van der Waals surface area contributed by atoms with Gasteiger partial charge >= 0.3 is 0 Å². The van der Waals surface area contributed by atoms with Crippen LogP contribution in [-0.2, 0) is 4.79 Å². The van der Waals surface area contributed by atoms with E-state index in [1.165, 1.54) is 12.8 Å². The molecule has 98 valence electrons. The molecule has 0 fully saturated rings. The second-order valence-corrected chi connectivity index (χ2v) is 5.20. The molecule has 1 heterocycles. The van der Waals surface area contributed by atoms with E-state index < -0.39 is 0 Å². The largest absolute Gasteiger partial charge is 0.377 e. The molecule has 0 aromatic rings. The van der Waals surface area contributed by atoms with Gasteiger partial charge in [-0.1, -0.05) is 33.6 Å². The molecular formula is C15H27NO. The minimum atomic E-state index is 0.211. The Morgan fingerprint density at radius 2 is 2.18 bits per heavy atom. The summed E-state index contributed by atoms with van der Waals surface area (Å²) in [5.41, 5.74) is 1.06. The second-order valence-electron chi connectivity index (χ2n) is 5.20. The van der Waals surface area contributed by atoms with Crippen LogP contribution in [0.1, 0.15) is 59.3 Å². The highest BCUT2D eigenvalue weighted by molar-refractivity contribution is 5.96. The van der Waals surface area contributed by atoms with Crippen LogP contribution in [0.25, 0.3) is 0 Å². The van der Waals surface area contributed by atoms with Gasteiger partial charge in [-0.25, -0.2) is 0 Å². The van der Waals surface area contributed by atoms with Gasteiger partial charge < -0.3 is 4.90 Å². The Labute approximate surface area is 106 Å². The minimum Gasteiger partial charge on any atom is -0.377 e. The van der Waals surface area contributed by atoms with Gasteiger partial charge in [-0.05, 0) is 25.7 Å². The van der Waals surface area contributed by atoms with Gasteiger partial charge in [0.1, 0.15) is 0 Å². The molecule has 2 heteroatoms. The molecule has 17 heavy (non-hydrogen) atoms. The molecule has 0 radical (unpaired) electrons. The van der Waals surface area contributed by atoms with Crippen LogP contribution < -0.4 is 0 Å². The first kappa shape index (κ1) is 14.3. The van der Waals surface area contributed by atoms with Crippen LogP contribution >= 0.6 is 0 Å². The first-order valence-corrected chi connectivity index (χ1v) is 7.18. The Morgan fingerprint density at radius 1 is 1.41 bits per heavy atom. The lowest BCUT2D eigenvalue weighted by molar-refractivity contribution is -0.119. The molecule has 0 spiro atoms. The Morgan fingerprint density at radius 3 is 2.82 bits per heavy atom.